The van der Waals surface area contributed by atoms with Crippen LogP contribution < -0.4 is 11.5 Å². The number of amides is 1. The lowest BCUT2D eigenvalue weighted by Crippen LogP contribution is -2.37. The molecule has 0 saturated carbocycles. The van der Waals surface area contributed by atoms with Crippen LogP contribution in [0.15, 0.2) is 84.9 Å². The van der Waals surface area contributed by atoms with Gasteiger partial charge in [0.2, 0.25) is 5.91 Å². The van der Waals surface area contributed by atoms with Crippen LogP contribution in [-0.4, -0.2) is 18.4 Å². The van der Waals surface area contributed by atoms with Crippen molar-refractivity contribution in [1.29, 1.82) is 0 Å². The first-order chi connectivity index (χ1) is 13.1. The van der Waals surface area contributed by atoms with Crippen molar-refractivity contribution in [1.82, 2.24) is 0 Å². The number of carbonyl (C=O) groups is 2. The zero-order chi connectivity index (χ0) is 19.3. The van der Waals surface area contributed by atoms with Gasteiger partial charge in [0.05, 0.1) is 6.54 Å². The zero-order valence-corrected chi connectivity index (χ0v) is 14.7. The van der Waals surface area contributed by atoms with Crippen molar-refractivity contribution in [2.45, 2.75) is 5.60 Å². The monoisotopic (exact) mass is 360 g/mol. The Balaban J connectivity index is 2.29. The van der Waals surface area contributed by atoms with E-state index in [0.717, 1.165) is 11.1 Å². The van der Waals surface area contributed by atoms with Gasteiger partial charge in [-0.2, -0.15) is 0 Å². The highest BCUT2D eigenvalue weighted by Crippen LogP contribution is 2.40. The molecule has 0 atom stereocenters. The van der Waals surface area contributed by atoms with Crippen molar-refractivity contribution in [3.8, 4) is 0 Å². The largest absolute Gasteiger partial charge is 0.443 e. The fourth-order valence-corrected chi connectivity index (χ4v) is 3.10. The molecule has 0 spiro atoms. The highest BCUT2D eigenvalue weighted by atomic mass is 16.6. The topological polar surface area (TPSA) is 95.4 Å². The second-order valence-electron chi connectivity index (χ2n) is 6.03. The van der Waals surface area contributed by atoms with E-state index in [-0.39, 0.29) is 6.54 Å². The summed E-state index contributed by atoms with van der Waals surface area (Å²) >= 11 is 0. The molecule has 0 aliphatic rings. The summed E-state index contributed by atoms with van der Waals surface area (Å²) in [6.07, 6.45) is 0. The van der Waals surface area contributed by atoms with E-state index in [4.69, 9.17) is 16.2 Å². The van der Waals surface area contributed by atoms with E-state index < -0.39 is 17.5 Å². The van der Waals surface area contributed by atoms with Gasteiger partial charge in [0, 0.05) is 22.3 Å². The van der Waals surface area contributed by atoms with Crippen LogP contribution in [0, 0.1) is 0 Å². The summed E-state index contributed by atoms with van der Waals surface area (Å²) in [6.45, 7) is -0.249. The molecule has 0 heterocycles. The summed E-state index contributed by atoms with van der Waals surface area (Å²) in [7, 11) is 0. The van der Waals surface area contributed by atoms with Crippen LogP contribution in [0.4, 0.5) is 0 Å². The van der Waals surface area contributed by atoms with Gasteiger partial charge in [-0.1, -0.05) is 72.8 Å². The molecule has 4 N–H and O–H groups in total. The molecule has 0 bridgehead atoms. The molecule has 27 heavy (non-hydrogen) atoms. The standard InChI is InChI=1S/C22H20N2O3/c23-15-20(25)27-22(17-7-3-1-4-8-17,18-9-5-2-6-10-18)19-13-11-16(12-14-19)21(24)26/h1-14H,15,23H2,(H2,24,26). The van der Waals surface area contributed by atoms with Gasteiger partial charge < -0.3 is 16.2 Å². The Kier molecular flexibility index (Phi) is 5.33. The Bertz CT molecular complexity index is 883. The number of hydrogen-bond acceptors (Lipinski definition) is 4. The molecule has 0 aliphatic heterocycles. The van der Waals surface area contributed by atoms with Gasteiger partial charge in [0.15, 0.2) is 5.60 Å². The Morgan fingerprint density at radius 2 is 1.19 bits per heavy atom. The third kappa shape index (κ3) is 3.59. The Hall–Kier alpha value is -3.44. The van der Waals surface area contributed by atoms with E-state index in [1.54, 1.807) is 24.3 Å². The van der Waals surface area contributed by atoms with Crippen molar-refractivity contribution < 1.29 is 14.3 Å². The van der Waals surface area contributed by atoms with Gasteiger partial charge in [-0.25, -0.2) is 0 Å². The number of esters is 1. The molecule has 0 radical (unpaired) electrons. The van der Waals surface area contributed by atoms with E-state index >= 15 is 0 Å². The third-order valence-corrected chi connectivity index (χ3v) is 4.37. The number of benzene rings is 3. The van der Waals surface area contributed by atoms with Crippen molar-refractivity contribution in [2.24, 2.45) is 11.5 Å². The molecule has 1 amide bonds. The first-order valence-electron chi connectivity index (χ1n) is 8.51. The van der Waals surface area contributed by atoms with E-state index in [2.05, 4.69) is 0 Å². The van der Waals surface area contributed by atoms with E-state index in [1.807, 2.05) is 60.7 Å². The molecule has 3 aromatic carbocycles. The third-order valence-electron chi connectivity index (χ3n) is 4.37. The average Bonchev–Trinajstić information content (AvgIpc) is 2.73. The molecular weight excluding hydrogens is 340 g/mol. The van der Waals surface area contributed by atoms with E-state index in [1.165, 1.54) is 0 Å². The highest BCUT2D eigenvalue weighted by molar-refractivity contribution is 5.92. The quantitative estimate of drug-likeness (QED) is 0.522. The number of ether oxygens (including phenoxy) is 1. The SMILES string of the molecule is NCC(=O)OC(c1ccccc1)(c1ccccc1)c1ccc(C(N)=O)cc1. The summed E-state index contributed by atoms with van der Waals surface area (Å²) in [4.78, 5) is 23.7. The predicted molar refractivity (Wildman–Crippen MR) is 103 cm³/mol. The van der Waals surface area contributed by atoms with Crippen LogP contribution >= 0.6 is 0 Å². The maximum absolute atomic E-state index is 12.3. The molecule has 0 fully saturated rings. The van der Waals surface area contributed by atoms with Gasteiger partial charge in [-0.3, -0.25) is 9.59 Å². The number of nitrogens with two attached hydrogens (primary N) is 2. The molecule has 3 aromatic rings. The maximum atomic E-state index is 12.3. The van der Waals surface area contributed by atoms with Crippen LogP contribution in [0.5, 0.6) is 0 Å². The van der Waals surface area contributed by atoms with Crippen LogP contribution in [-0.2, 0) is 15.1 Å². The molecule has 3 rings (SSSR count). The normalized spacial score (nSPS) is 11.0. The minimum atomic E-state index is -1.20. The molecule has 0 saturated heterocycles. The lowest BCUT2D eigenvalue weighted by molar-refractivity contribution is -0.151. The van der Waals surface area contributed by atoms with Gasteiger partial charge in [-0.05, 0) is 12.1 Å². The molecule has 0 aromatic heterocycles. The Labute approximate surface area is 157 Å². The minimum absolute atomic E-state index is 0.249. The van der Waals surface area contributed by atoms with Crippen molar-refractivity contribution in [3.05, 3.63) is 107 Å². The van der Waals surface area contributed by atoms with Gasteiger partial charge in [0.1, 0.15) is 0 Å². The molecule has 0 unspecified atom stereocenters. The minimum Gasteiger partial charge on any atom is -0.443 e. The second kappa shape index (κ2) is 7.85. The summed E-state index contributed by atoms with van der Waals surface area (Å²) in [6, 6.07) is 25.6. The summed E-state index contributed by atoms with van der Waals surface area (Å²) in [5.41, 5.74) is 12.3. The lowest BCUT2D eigenvalue weighted by Gasteiger charge is -2.35. The van der Waals surface area contributed by atoms with Crippen molar-refractivity contribution >= 4 is 11.9 Å². The molecule has 0 aliphatic carbocycles. The second-order valence-corrected chi connectivity index (χ2v) is 6.03. The van der Waals surface area contributed by atoms with Crippen LogP contribution in [0.2, 0.25) is 0 Å². The first-order valence-corrected chi connectivity index (χ1v) is 8.51. The smallest absolute Gasteiger partial charge is 0.321 e. The number of carbonyl (C=O) groups excluding carboxylic acids is 2. The van der Waals surface area contributed by atoms with Gasteiger partial charge >= 0.3 is 5.97 Å². The molecule has 5 nitrogen and oxygen atoms in total. The predicted octanol–water partition coefficient (Wildman–Crippen LogP) is 2.58. The molecular formula is C22H20N2O3. The summed E-state index contributed by atoms with van der Waals surface area (Å²) in [5.74, 6) is -1.06. The van der Waals surface area contributed by atoms with Crippen LogP contribution in [0.1, 0.15) is 27.0 Å². The van der Waals surface area contributed by atoms with Crippen molar-refractivity contribution in [2.75, 3.05) is 6.54 Å². The summed E-state index contributed by atoms with van der Waals surface area (Å²) < 4.78 is 5.97. The van der Waals surface area contributed by atoms with Crippen LogP contribution in [0.3, 0.4) is 0 Å². The fourth-order valence-electron chi connectivity index (χ4n) is 3.10. The Morgan fingerprint density at radius 3 is 1.59 bits per heavy atom. The molecule has 5 heteroatoms. The highest BCUT2D eigenvalue weighted by Gasteiger charge is 2.40. The zero-order valence-electron chi connectivity index (χ0n) is 14.7. The average molecular weight is 360 g/mol. The van der Waals surface area contributed by atoms with Gasteiger partial charge in [-0.15, -0.1) is 0 Å². The fraction of sp³-hybridized carbons (Fsp3) is 0.0909. The number of hydrogen-bond donors (Lipinski definition) is 2. The van der Waals surface area contributed by atoms with E-state index in [9.17, 15) is 9.59 Å². The number of primary amides is 1. The van der Waals surface area contributed by atoms with Crippen molar-refractivity contribution in [3.63, 3.8) is 0 Å². The van der Waals surface area contributed by atoms with E-state index in [0.29, 0.717) is 11.1 Å². The number of rotatable bonds is 6. The lowest BCUT2D eigenvalue weighted by atomic mass is 9.79. The first kappa shape index (κ1) is 18.4. The van der Waals surface area contributed by atoms with Gasteiger partial charge in [0.25, 0.3) is 0 Å². The molecule has 136 valence electrons. The summed E-state index contributed by atoms with van der Waals surface area (Å²) in [5, 5.41) is 0. The van der Waals surface area contributed by atoms with Crippen LogP contribution in [0.25, 0.3) is 0 Å². The maximum Gasteiger partial charge on any atom is 0.321 e. The Morgan fingerprint density at radius 1 is 0.741 bits per heavy atom.